The van der Waals surface area contributed by atoms with E-state index in [0.29, 0.717) is 27.9 Å². The van der Waals surface area contributed by atoms with E-state index in [1.54, 1.807) is 20.3 Å². The maximum absolute atomic E-state index is 13.0. The number of thiazole rings is 1. The molecule has 134 valence electrons. The monoisotopic (exact) mass is 372 g/mol. The number of anilines is 1. The molecule has 1 N–H and O–H groups in total. The van der Waals surface area contributed by atoms with Gasteiger partial charge in [-0.2, -0.15) is 0 Å². The Morgan fingerprint density at radius 3 is 2.50 bits per heavy atom. The van der Waals surface area contributed by atoms with Crippen LogP contribution in [0.4, 0.5) is 9.52 Å². The summed E-state index contributed by atoms with van der Waals surface area (Å²) in [6.07, 6.45) is 0. The SMILES string of the molecule is COc1ccc(OC)c(-c2nc(NC(=O)c3ccc(F)cc3)sc2C)c1. The topological polar surface area (TPSA) is 60.5 Å². The molecule has 1 aromatic heterocycles. The number of hydrogen-bond acceptors (Lipinski definition) is 5. The smallest absolute Gasteiger partial charge is 0.257 e. The number of carbonyl (C=O) groups excluding carboxylic acids is 1. The molecule has 0 saturated carbocycles. The van der Waals surface area contributed by atoms with Crippen LogP contribution >= 0.6 is 11.3 Å². The van der Waals surface area contributed by atoms with Crippen molar-refractivity contribution < 1.29 is 18.7 Å². The molecule has 5 nitrogen and oxygen atoms in total. The number of rotatable bonds is 5. The predicted octanol–water partition coefficient (Wildman–Crippen LogP) is 4.53. The van der Waals surface area contributed by atoms with Gasteiger partial charge in [-0.15, -0.1) is 11.3 Å². The molecular weight excluding hydrogens is 355 g/mol. The van der Waals surface area contributed by atoms with E-state index in [1.165, 1.54) is 35.6 Å². The summed E-state index contributed by atoms with van der Waals surface area (Å²) >= 11 is 1.35. The lowest BCUT2D eigenvalue weighted by atomic mass is 10.1. The van der Waals surface area contributed by atoms with Crippen molar-refractivity contribution in [1.29, 1.82) is 0 Å². The molecule has 0 fully saturated rings. The summed E-state index contributed by atoms with van der Waals surface area (Å²) in [4.78, 5) is 17.7. The molecule has 1 heterocycles. The van der Waals surface area contributed by atoms with E-state index < -0.39 is 0 Å². The van der Waals surface area contributed by atoms with Crippen molar-refractivity contribution in [3.8, 4) is 22.8 Å². The number of nitrogens with zero attached hydrogens (tertiary/aromatic N) is 1. The van der Waals surface area contributed by atoms with E-state index >= 15 is 0 Å². The van der Waals surface area contributed by atoms with Crippen molar-refractivity contribution in [2.24, 2.45) is 0 Å². The number of aromatic nitrogens is 1. The van der Waals surface area contributed by atoms with Crippen LogP contribution in [-0.4, -0.2) is 25.1 Å². The third kappa shape index (κ3) is 3.67. The molecule has 0 atom stereocenters. The number of aryl methyl sites for hydroxylation is 1. The normalized spacial score (nSPS) is 10.5. The summed E-state index contributed by atoms with van der Waals surface area (Å²) in [5, 5.41) is 3.20. The minimum Gasteiger partial charge on any atom is -0.497 e. The number of nitrogens with one attached hydrogen (secondary N) is 1. The highest BCUT2D eigenvalue weighted by Crippen LogP contribution is 2.38. The van der Waals surface area contributed by atoms with Crippen molar-refractivity contribution >= 4 is 22.4 Å². The van der Waals surface area contributed by atoms with Gasteiger partial charge in [0.1, 0.15) is 17.3 Å². The predicted molar refractivity (Wildman–Crippen MR) is 99.7 cm³/mol. The van der Waals surface area contributed by atoms with Crippen LogP contribution in [0, 0.1) is 12.7 Å². The molecular formula is C19H17FN2O3S. The Hall–Kier alpha value is -2.93. The summed E-state index contributed by atoms with van der Waals surface area (Å²) in [6, 6.07) is 10.8. The maximum Gasteiger partial charge on any atom is 0.257 e. The van der Waals surface area contributed by atoms with Crippen molar-refractivity contribution in [3.05, 3.63) is 58.7 Å². The molecule has 3 aromatic rings. The first-order valence-corrected chi connectivity index (χ1v) is 8.60. The molecule has 0 bridgehead atoms. The maximum atomic E-state index is 13.0. The van der Waals surface area contributed by atoms with E-state index in [4.69, 9.17) is 9.47 Å². The van der Waals surface area contributed by atoms with Gasteiger partial charge in [-0.25, -0.2) is 9.37 Å². The highest BCUT2D eigenvalue weighted by atomic mass is 32.1. The fourth-order valence-electron chi connectivity index (χ4n) is 2.47. The molecule has 0 unspecified atom stereocenters. The number of ether oxygens (including phenoxy) is 2. The Balaban J connectivity index is 1.90. The average molecular weight is 372 g/mol. The molecule has 3 rings (SSSR count). The van der Waals surface area contributed by atoms with E-state index in [-0.39, 0.29) is 11.7 Å². The number of hydrogen-bond donors (Lipinski definition) is 1. The van der Waals surface area contributed by atoms with Gasteiger partial charge < -0.3 is 9.47 Å². The van der Waals surface area contributed by atoms with Gasteiger partial charge in [-0.05, 0) is 49.4 Å². The van der Waals surface area contributed by atoms with Crippen molar-refractivity contribution in [3.63, 3.8) is 0 Å². The molecule has 0 saturated heterocycles. The Kier molecular flexibility index (Phi) is 5.18. The molecule has 0 aliphatic carbocycles. The average Bonchev–Trinajstić information content (AvgIpc) is 3.01. The van der Waals surface area contributed by atoms with E-state index in [9.17, 15) is 9.18 Å². The first-order chi connectivity index (χ1) is 12.5. The molecule has 0 spiro atoms. The number of amides is 1. The van der Waals surface area contributed by atoms with Gasteiger partial charge in [0.05, 0.1) is 19.9 Å². The third-order valence-electron chi connectivity index (χ3n) is 3.79. The second-order valence-corrected chi connectivity index (χ2v) is 6.65. The lowest BCUT2D eigenvalue weighted by molar-refractivity contribution is 0.102. The lowest BCUT2D eigenvalue weighted by Crippen LogP contribution is -2.11. The van der Waals surface area contributed by atoms with Gasteiger partial charge in [-0.3, -0.25) is 10.1 Å². The number of benzene rings is 2. The Morgan fingerprint density at radius 2 is 1.85 bits per heavy atom. The van der Waals surface area contributed by atoms with Gasteiger partial charge in [-0.1, -0.05) is 0 Å². The largest absolute Gasteiger partial charge is 0.497 e. The van der Waals surface area contributed by atoms with Crippen LogP contribution in [0.5, 0.6) is 11.5 Å². The molecule has 1 amide bonds. The van der Waals surface area contributed by atoms with Gasteiger partial charge in [0.2, 0.25) is 0 Å². The fourth-order valence-corrected chi connectivity index (χ4v) is 3.29. The first kappa shape index (κ1) is 17.9. The molecule has 26 heavy (non-hydrogen) atoms. The van der Waals surface area contributed by atoms with Gasteiger partial charge >= 0.3 is 0 Å². The minimum absolute atomic E-state index is 0.345. The highest BCUT2D eigenvalue weighted by molar-refractivity contribution is 7.16. The summed E-state index contributed by atoms with van der Waals surface area (Å²) in [6.45, 7) is 1.92. The fraction of sp³-hybridized carbons (Fsp3) is 0.158. The number of methoxy groups -OCH3 is 2. The number of carbonyl (C=O) groups is 1. The Bertz CT molecular complexity index is 938. The van der Waals surface area contributed by atoms with Crippen LogP contribution in [-0.2, 0) is 0 Å². The van der Waals surface area contributed by atoms with Crippen LogP contribution in [0.1, 0.15) is 15.2 Å². The van der Waals surface area contributed by atoms with Crippen molar-refractivity contribution in [1.82, 2.24) is 4.98 Å². The Labute approximate surface area is 154 Å². The zero-order chi connectivity index (χ0) is 18.7. The molecule has 0 aliphatic rings. The summed E-state index contributed by atoms with van der Waals surface area (Å²) in [5.41, 5.74) is 1.85. The van der Waals surface area contributed by atoms with Crippen LogP contribution in [0.25, 0.3) is 11.3 Å². The lowest BCUT2D eigenvalue weighted by Gasteiger charge is -2.09. The second-order valence-electron chi connectivity index (χ2n) is 5.45. The zero-order valence-corrected chi connectivity index (χ0v) is 15.3. The van der Waals surface area contributed by atoms with Gasteiger partial charge in [0.15, 0.2) is 5.13 Å². The summed E-state index contributed by atoms with van der Waals surface area (Å²) in [5.74, 6) is 0.614. The molecule has 7 heteroatoms. The van der Waals surface area contributed by atoms with Crippen LogP contribution in [0.3, 0.4) is 0 Å². The first-order valence-electron chi connectivity index (χ1n) is 7.78. The third-order valence-corrected chi connectivity index (χ3v) is 4.67. The summed E-state index contributed by atoms with van der Waals surface area (Å²) in [7, 11) is 3.18. The quantitative estimate of drug-likeness (QED) is 0.715. The van der Waals surface area contributed by atoms with Gasteiger partial charge in [0, 0.05) is 16.0 Å². The van der Waals surface area contributed by atoms with Gasteiger partial charge in [0.25, 0.3) is 5.91 Å². The standard InChI is InChI=1S/C19H17FN2O3S/c1-11-17(15-10-14(24-2)8-9-16(15)25-3)21-19(26-11)22-18(23)12-4-6-13(20)7-5-12/h4-10H,1-3H3,(H,21,22,23). The van der Waals surface area contributed by atoms with Crippen LogP contribution in [0.2, 0.25) is 0 Å². The minimum atomic E-state index is -0.390. The Morgan fingerprint density at radius 1 is 1.12 bits per heavy atom. The van der Waals surface area contributed by atoms with Crippen LogP contribution in [0.15, 0.2) is 42.5 Å². The van der Waals surface area contributed by atoms with Crippen molar-refractivity contribution in [2.75, 3.05) is 19.5 Å². The number of halogens is 1. The molecule has 0 radical (unpaired) electrons. The van der Waals surface area contributed by atoms with Crippen molar-refractivity contribution in [2.45, 2.75) is 6.92 Å². The molecule has 0 aliphatic heterocycles. The van der Waals surface area contributed by atoms with E-state index in [0.717, 1.165) is 10.4 Å². The zero-order valence-electron chi connectivity index (χ0n) is 14.5. The second kappa shape index (κ2) is 7.53. The van der Waals surface area contributed by atoms with E-state index in [2.05, 4.69) is 10.3 Å². The highest BCUT2D eigenvalue weighted by Gasteiger charge is 2.17. The summed E-state index contributed by atoms with van der Waals surface area (Å²) < 4.78 is 23.7. The van der Waals surface area contributed by atoms with Crippen LogP contribution < -0.4 is 14.8 Å². The molecule has 2 aromatic carbocycles. The van der Waals surface area contributed by atoms with E-state index in [1.807, 2.05) is 19.1 Å².